The van der Waals surface area contributed by atoms with Crippen molar-refractivity contribution in [2.24, 2.45) is 0 Å². The molecule has 0 aliphatic carbocycles. The molecule has 162 valence electrons. The van der Waals surface area contributed by atoms with Gasteiger partial charge in [0.2, 0.25) is 0 Å². The van der Waals surface area contributed by atoms with E-state index in [1.807, 2.05) is 30.7 Å². The maximum atomic E-state index is 5.28. The summed E-state index contributed by atoms with van der Waals surface area (Å²) in [4.78, 5) is 17.0. The van der Waals surface area contributed by atoms with Crippen molar-refractivity contribution in [1.29, 1.82) is 0 Å². The molecule has 8 heteroatoms. The van der Waals surface area contributed by atoms with E-state index in [9.17, 15) is 0 Å². The van der Waals surface area contributed by atoms with Gasteiger partial charge in [0.25, 0.3) is 0 Å². The summed E-state index contributed by atoms with van der Waals surface area (Å²) < 4.78 is 5.28. The normalized spacial score (nSPS) is 11.5. The molecule has 3 N–H and O–H groups in total. The molecule has 33 heavy (non-hydrogen) atoms. The zero-order valence-corrected chi connectivity index (χ0v) is 18.0. The lowest BCUT2D eigenvalue weighted by Gasteiger charge is -2.05. The molecule has 0 unspecified atom stereocenters. The number of hydrogen-bond donors (Lipinski definition) is 3. The van der Waals surface area contributed by atoms with Crippen LogP contribution in [0.2, 0.25) is 0 Å². The highest BCUT2D eigenvalue weighted by Crippen LogP contribution is 2.34. The largest absolute Gasteiger partial charge is 0.472 e. The highest BCUT2D eigenvalue weighted by atomic mass is 16.3. The third-order valence-electron chi connectivity index (χ3n) is 5.74. The predicted octanol–water partition coefficient (Wildman–Crippen LogP) is 4.93. The fraction of sp³-hybridized carbons (Fsp3) is 0.120. The van der Waals surface area contributed by atoms with Crippen molar-refractivity contribution in [3.05, 3.63) is 73.2 Å². The highest BCUT2D eigenvalue weighted by Gasteiger charge is 2.15. The molecule has 0 radical (unpaired) electrons. The molecule has 0 spiro atoms. The van der Waals surface area contributed by atoms with Gasteiger partial charge in [0.05, 0.1) is 35.6 Å². The molecule has 0 aliphatic rings. The van der Waals surface area contributed by atoms with E-state index in [1.54, 1.807) is 18.7 Å². The fourth-order valence-corrected chi connectivity index (χ4v) is 4.10. The van der Waals surface area contributed by atoms with Crippen molar-refractivity contribution in [3.8, 4) is 33.8 Å². The number of furan rings is 1. The van der Waals surface area contributed by atoms with Gasteiger partial charge in [-0.05, 0) is 48.0 Å². The van der Waals surface area contributed by atoms with Crippen LogP contribution >= 0.6 is 0 Å². The number of rotatable bonds is 6. The number of H-pyrrole nitrogens is 2. The Morgan fingerprint density at radius 2 is 1.97 bits per heavy atom. The molecule has 0 aliphatic heterocycles. The zero-order chi connectivity index (χ0) is 22.2. The number of fused-ring (bicyclic) bond motifs is 2. The van der Waals surface area contributed by atoms with Gasteiger partial charge in [-0.3, -0.25) is 15.1 Å². The first kappa shape index (κ1) is 19.4. The first-order valence-corrected chi connectivity index (χ1v) is 10.8. The van der Waals surface area contributed by atoms with Crippen molar-refractivity contribution < 1.29 is 4.42 Å². The van der Waals surface area contributed by atoms with Crippen LogP contribution in [0.5, 0.6) is 0 Å². The lowest BCUT2D eigenvalue weighted by Crippen LogP contribution is -2.11. The van der Waals surface area contributed by atoms with Crippen molar-refractivity contribution in [2.45, 2.75) is 13.5 Å². The lowest BCUT2D eigenvalue weighted by atomic mass is 10.1. The van der Waals surface area contributed by atoms with E-state index in [2.05, 4.69) is 60.6 Å². The average molecular weight is 435 g/mol. The number of nitrogens with zero attached hydrogens (tertiary/aromatic N) is 4. The second-order valence-electron chi connectivity index (χ2n) is 7.87. The maximum absolute atomic E-state index is 5.28. The summed E-state index contributed by atoms with van der Waals surface area (Å²) in [5.41, 5.74) is 8.39. The Kier molecular flexibility index (Phi) is 4.70. The van der Waals surface area contributed by atoms with Crippen molar-refractivity contribution in [1.82, 2.24) is 35.5 Å². The second-order valence-corrected chi connectivity index (χ2v) is 7.87. The van der Waals surface area contributed by atoms with Gasteiger partial charge in [0.1, 0.15) is 11.3 Å². The van der Waals surface area contributed by atoms with E-state index in [4.69, 9.17) is 4.42 Å². The number of aromatic nitrogens is 6. The molecule has 0 atom stereocenters. The van der Waals surface area contributed by atoms with Gasteiger partial charge in [-0.15, -0.1) is 0 Å². The monoisotopic (exact) mass is 435 g/mol. The van der Waals surface area contributed by atoms with E-state index in [1.165, 1.54) is 0 Å². The Morgan fingerprint density at radius 3 is 2.85 bits per heavy atom. The minimum Gasteiger partial charge on any atom is -0.472 e. The maximum Gasteiger partial charge on any atom is 0.138 e. The predicted molar refractivity (Wildman–Crippen MR) is 127 cm³/mol. The molecule has 6 aromatic rings. The smallest absolute Gasteiger partial charge is 0.138 e. The van der Waals surface area contributed by atoms with Crippen LogP contribution in [0.15, 0.2) is 72.1 Å². The molecule has 0 bridgehead atoms. The van der Waals surface area contributed by atoms with Crippen LogP contribution in [-0.4, -0.2) is 36.7 Å². The zero-order valence-electron chi connectivity index (χ0n) is 18.0. The Labute approximate surface area is 189 Å². The fourth-order valence-electron chi connectivity index (χ4n) is 4.10. The first-order valence-electron chi connectivity index (χ1n) is 10.8. The molecule has 0 amide bonds. The molecule has 0 aromatic carbocycles. The van der Waals surface area contributed by atoms with Gasteiger partial charge in [-0.2, -0.15) is 5.10 Å². The van der Waals surface area contributed by atoms with Crippen LogP contribution in [-0.2, 0) is 6.54 Å². The Hall–Kier alpha value is -4.30. The number of aromatic amines is 2. The van der Waals surface area contributed by atoms with Gasteiger partial charge < -0.3 is 14.7 Å². The molecular weight excluding hydrogens is 414 g/mol. The van der Waals surface area contributed by atoms with Crippen LogP contribution in [0.4, 0.5) is 0 Å². The van der Waals surface area contributed by atoms with Crippen LogP contribution in [0.1, 0.15) is 12.5 Å². The number of nitrogens with one attached hydrogen (secondary N) is 3. The summed E-state index contributed by atoms with van der Waals surface area (Å²) in [6, 6.07) is 10.2. The van der Waals surface area contributed by atoms with Crippen LogP contribution in [0, 0.1) is 0 Å². The third kappa shape index (κ3) is 3.46. The molecule has 6 rings (SSSR count). The van der Waals surface area contributed by atoms with Crippen LogP contribution < -0.4 is 5.32 Å². The second kappa shape index (κ2) is 7.99. The molecule has 6 heterocycles. The summed E-state index contributed by atoms with van der Waals surface area (Å²) in [6.07, 6.45) is 10.7. The lowest BCUT2D eigenvalue weighted by molar-refractivity contribution is 0.568. The van der Waals surface area contributed by atoms with Crippen LogP contribution in [0.3, 0.4) is 0 Å². The van der Waals surface area contributed by atoms with E-state index < -0.39 is 0 Å². The van der Waals surface area contributed by atoms with Crippen molar-refractivity contribution in [3.63, 3.8) is 0 Å². The van der Waals surface area contributed by atoms with Gasteiger partial charge in [0.15, 0.2) is 0 Å². The standard InChI is InChI=1S/C25H21N7O/c1-2-26-10-15-7-17(12-27-11-15)21-9-20-23(13-29-21)31-32-24(20)22-8-19-18(16-4-6-33-14-16)3-5-28-25(19)30-22/h3-9,11-14,26H,2,10H2,1H3,(H,28,30)(H,31,32). The molecule has 0 saturated heterocycles. The van der Waals surface area contributed by atoms with Crippen molar-refractivity contribution in [2.75, 3.05) is 6.54 Å². The van der Waals surface area contributed by atoms with Gasteiger partial charge in [-0.25, -0.2) is 4.98 Å². The van der Waals surface area contributed by atoms with Gasteiger partial charge >= 0.3 is 0 Å². The molecule has 6 aromatic heterocycles. The molecule has 0 saturated carbocycles. The molecular formula is C25H21N7O. The summed E-state index contributed by atoms with van der Waals surface area (Å²) in [5, 5.41) is 13.0. The Balaban J connectivity index is 1.44. The van der Waals surface area contributed by atoms with Gasteiger partial charge in [0, 0.05) is 47.0 Å². The topological polar surface area (TPSA) is 108 Å². The van der Waals surface area contributed by atoms with E-state index in [0.29, 0.717) is 0 Å². The van der Waals surface area contributed by atoms with Crippen molar-refractivity contribution >= 4 is 21.9 Å². The summed E-state index contributed by atoms with van der Waals surface area (Å²) in [6.45, 7) is 3.77. The first-order chi connectivity index (χ1) is 16.3. The van der Waals surface area contributed by atoms with E-state index >= 15 is 0 Å². The third-order valence-corrected chi connectivity index (χ3v) is 5.74. The number of hydrogen-bond acceptors (Lipinski definition) is 6. The van der Waals surface area contributed by atoms with Gasteiger partial charge in [-0.1, -0.05) is 6.92 Å². The quantitative estimate of drug-likeness (QED) is 0.342. The minimum atomic E-state index is 0.775. The number of pyridine rings is 3. The highest BCUT2D eigenvalue weighted by molar-refractivity contribution is 6.00. The Morgan fingerprint density at radius 1 is 1.00 bits per heavy atom. The summed E-state index contributed by atoms with van der Waals surface area (Å²) >= 11 is 0. The van der Waals surface area contributed by atoms with E-state index in [0.717, 1.165) is 74.4 Å². The average Bonchev–Trinajstić information content (AvgIpc) is 3.61. The Bertz CT molecular complexity index is 1560. The minimum absolute atomic E-state index is 0.775. The van der Waals surface area contributed by atoms with E-state index in [-0.39, 0.29) is 0 Å². The SMILES string of the molecule is CCNCc1cncc(-c2cc3c(-c4cc5c(-c6ccoc6)ccnc5[nH]4)n[nH]c3cn2)c1. The molecule has 8 nitrogen and oxygen atoms in total. The summed E-state index contributed by atoms with van der Waals surface area (Å²) in [5.74, 6) is 0. The molecule has 0 fully saturated rings. The summed E-state index contributed by atoms with van der Waals surface area (Å²) in [7, 11) is 0. The van der Waals surface area contributed by atoms with Crippen LogP contribution in [0.25, 0.3) is 55.7 Å².